The third-order valence-corrected chi connectivity index (χ3v) is 1.74. The third-order valence-electron chi connectivity index (χ3n) is 1.74. The molecule has 0 amide bonds. The molecule has 0 unspecified atom stereocenters. The van der Waals surface area contributed by atoms with E-state index >= 15 is 0 Å². The number of aliphatic hydroxyl groups excluding tert-OH is 1. The largest absolute Gasteiger partial charge is 0.573 e. The number of aromatic nitrogens is 1. The topological polar surface area (TPSA) is 88.3 Å². The number of hydrogen-bond donors (Lipinski definition) is 3. The fourth-order valence-corrected chi connectivity index (χ4v) is 1.16. The predicted octanol–water partition coefficient (Wildman–Crippen LogP) is 0.224. The van der Waals surface area contributed by atoms with Crippen molar-refractivity contribution in [2.75, 3.05) is 0 Å². The zero-order valence-corrected chi connectivity index (χ0v) is 7.97. The minimum Gasteiger partial charge on any atom is -0.403 e. The summed E-state index contributed by atoms with van der Waals surface area (Å²) in [6, 6.07) is 0.889. The molecule has 1 aromatic rings. The normalized spacial score (nSPS) is 11.6. The quantitative estimate of drug-likeness (QED) is 0.703. The van der Waals surface area contributed by atoms with Crippen molar-refractivity contribution < 1.29 is 23.0 Å². The molecule has 0 aliphatic carbocycles. The lowest BCUT2D eigenvalue weighted by atomic mass is 10.2. The number of pyridine rings is 1. The molecule has 0 saturated heterocycles. The van der Waals surface area contributed by atoms with E-state index in [1.165, 1.54) is 0 Å². The highest BCUT2D eigenvalue weighted by Crippen LogP contribution is 2.27. The summed E-state index contributed by atoms with van der Waals surface area (Å²) in [4.78, 5) is 13.0. The molecule has 0 saturated carbocycles. The number of nitrogens with two attached hydrogens (primary N) is 1. The van der Waals surface area contributed by atoms with Crippen LogP contribution in [-0.4, -0.2) is 16.5 Å². The fourth-order valence-electron chi connectivity index (χ4n) is 1.16. The Kier molecular flexibility index (Phi) is 3.55. The van der Waals surface area contributed by atoms with Gasteiger partial charge in [0.1, 0.15) is 0 Å². The van der Waals surface area contributed by atoms with Gasteiger partial charge in [0, 0.05) is 18.2 Å². The molecular weight excluding hydrogens is 229 g/mol. The van der Waals surface area contributed by atoms with E-state index < -0.39 is 24.3 Å². The van der Waals surface area contributed by atoms with Crippen molar-refractivity contribution >= 4 is 0 Å². The average molecular weight is 238 g/mol. The van der Waals surface area contributed by atoms with Gasteiger partial charge < -0.3 is 20.6 Å². The zero-order valence-electron chi connectivity index (χ0n) is 7.97. The van der Waals surface area contributed by atoms with Crippen LogP contribution in [0.15, 0.2) is 10.9 Å². The lowest BCUT2D eigenvalue weighted by Crippen LogP contribution is -2.22. The van der Waals surface area contributed by atoms with Crippen LogP contribution in [0.4, 0.5) is 13.2 Å². The molecule has 90 valence electrons. The van der Waals surface area contributed by atoms with E-state index in [1.54, 1.807) is 0 Å². The maximum atomic E-state index is 12.0. The highest BCUT2D eigenvalue weighted by Gasteiger charge is 2.33. The summed E-state index contributed by atoms with van der Waals surface area (Å²) in [6.45, 7) is -1.09. The fraction of sp³-hybridized carbons (Fsp3) is 0.375. The van der Waals surface area contributed by atoms with Crippen LogP contribution in [0.1, 0.15) is 11.3 Å². The number of hydrogen-bond acceptors (Lipinski definition) is 4. The van der Waals surface area contributed by atoms with Crippen molar-refractivity contribution in [1.29, 1.82) is 0 Å². The van der Waals surface area contributed by atoms with Gasteiger partial charge in [-0.25, -0.2) is 0 Å². The van der Waals surface area contributed by atoms with E-state index in [-0.39, 0.29) is 17.8 Å². The van der Waals surface area contributed by atoms with Crippen molar-refractivity contribution in [3.05, 3.63) is 27.7 Å². The van der Waals surface area contributed by atoms with E-state index in [4.69, 9.17) is 10.8 Å². The summed E-state index contributed by atoms with van der Waals surface area (Å²) in [5, 5.41) is 8.80. The van der Waals surface area contributed by atoms with E-state index in [0.717, 1.165) is 6.07 Å². The second kappa shape index (κ2) is 4.54. The maximum Gasteiger partial charge on any atom is 0.573 e. The molecule has 0 aromatic carbocycles. The van der Waals surface area contributed by atoms with Gasteiger partial charge in [-0.2, -0.15) is 0 Å². The molecule has 1 aromatic heterocycles. The first-order valence-electron chi connectivity index (χ1n) is 4.19. The van der Waals surface area contributed by atoms with E-state index in [0.29, 0.717) is 0 Å². The first kappa shape index (κ1) is 12.5. The molecular formula is C8H9F3N2O3. The Labute approximate surface area is 87.7 Å². The average Bonchev–Trinajstić information content (AvgIpc) is 2.18. The first-order valence-corrected chi connectivity index (χ1v) is 4.19. The summed E-state index contributed by atoms with van der Waals surface area (Å²) in [5.41, 5.74) is 4.05. The Morgan fingerprint density at radius 1 is 1.50 bits per heavy atom. The molecule has 0 radical (unpaired) electrons. The summed E-state index contributed by atoms with van der Waals surface area (Å²) in [7, 11) is 0. The number of alkyl halides is 3. The summed E-state index contributed by atoms with van der Waals surface area (Å²) in [6.07, 6.45) is -4.91. The number of ether oxygens (including phenoxy) is 1. The second-order valence-corrected chi connectivity index (χ2v) is 2.88. The molecule has 0 fully saturated rings. The molecule has 0 atom stereocenters. The zero-order chi connectivity index (χ0) is 12.3. The van der Waals surface area contributed by atoms with Crippen LogP contribution in [0.3, 0.4) is 0 Å². The molecule has 16 heavy (non-hydrogen) atoms. The van der Waals surface area contributed by atoms with E-state index in [2.05, 4.69) is 4.74 Å². The molecule has 8 heteroatoms. The monoisotopic (exact) mass is 238 g/mol. The van der Waals surface area contributed by atoms with Crippen LogP contribution >= 0.6 is 0 Å². The minimum atomic E-state index is -4.91. The van der Waals surface area contributed by atoms with Crippen LogP contribution < -0.4 is 16.0 Å². The molecule has 0 spiro atoms. The standard InChI is InChI=1S/C8H9F3N2O3/c9-8(10,11)16-7-4(2-12)1-6(15)13-5(7)3-14/h1,14H,2-3,12H2,(H,13,15). The Morgan fingerprint density at radius 3 is 2.56 bits per heavy atom. The summed E-state index contributed by atoms with van der Waals surface area (Å²) in [5.74, 6) is -0.655. The van der Waals surface area contributed by atoms with Gasteiger partial charge in [-0.15, -0.1) is 13.2 Å². The van der Waals surface area contributed by atoms with Crippen molar-refractivity contribution in [3.8, 4) is 5.75 Å². The number of nitrogens with one attached hydrogen (secondary N) is 1. The van der Waals surface area contributed by atoms with Crippen LogP contribution in [0.25, 0.3) is 0 Å². The van der Waals surface area contributed by atoms with Crippen LogP contribution in [-0.2, 0) is 13.2 Å². The number of H-pyrrole nitrogens is 1. The number of halogens is 3. The molecule has 0 aliphatic heterocycles. The Balaban J connectivity index is 3.28. The second-order valence-electron chi connectivity index (χ2n) is 2.88. The molecule has 1 rings (SSSR count). The van der Waals surface area contributed by atoms with Crippen molar-refractivity contribution in [1.82, 2.24) is 4.98 Å². The lowest BCUT2D eigenvalue weighted by molar-refractivity contribution is -0.275. The van der Waals surface area contributed by atoms with Crippen LogP contribution in [0.2, 0.25) is 0 Å². The third kappa shape index (κ3) is 2.97. The summed E-state index contributed by atoms with van der Waals surface area (Å²) >= 11 is 0. The molecule has 0 aliphatic rings. The lowest BCUT2D eigenvalue weighted by Gasteiger charge is -2.14. The SMILES string of the molecule is NCc1cc(=O)[nH]c(CO)c1OC(F)(F)F. The molecule has 4 N–H and O–H groups in total. The van der Waals surface area contributed by atoms with Crippen LogP contribution in [0.5, 0.6) is 5.75 Å². The van der Waals surface area contributed by atoms with Crippen molar-refractivity contribution in [2.45, 2.75) is 19.5 Å². The highest BCUT2D eigenvalue weighted by molar-refractivity contribution is 5.36. The van der Waals surface area contributed by atoms with Gasteiger partial charge >= 0.3 is 6.36 Å². The number of rotatable bonds is 3. The van der Waals surface area contributed by atoms with Gasteiger partial charge in [-0.05, 0) is 0 Å². The summed E-state index contributed by atoms with van der Waals surface area (Å²) < 4.78 is 39.8. The van der Waals surface area contributed by atoms with Gasteiger partial charge in [0.25, 0.3) is 0 Å². The van der Waals surface area contributed by atoms with Gasteiger partial charge in [-0.3, -0.25) is 4.79 Å². The van der Waals surface area contributed by atoms with Gasteiger partial charge in [-0.1, -0.05) is 0 Å². The minimum absolute atomic E-state index is 0.120. The van der Waals surface area contributed by atoms with Crippen LogP contribution in [0, 0.1) is 0 Å². The Bertz CT molecular complexity index is 399. The maximum absolute atomic E-state index is 12.0. The van der Waals surface area contributed by atoms with E-state index in [1.807, 2.05) is 4.98 Å². The molecule has 0 bridgehead atoms. The van der Waals surface area contributed by atoms with Gasteiger partial charge in [0.05, 0.1) is 12.3 Å². The first-order chi connectivity index (χ1) is 7.37. The van der Waals surface area contributed by atoms with E-state index in [9.17, 15) is 18.0 Å². The number of aromatic amines is 1. The smallest absolute Gasteiger partial charge is 0.403 e. The van der Waals surface area contributed by atoms with Gasteiger partial charge in [0.15, 0.2) is 5.75 Å². The van der Waals surface area contributed by atoms with Gasteiger partial charge in [0.2, 0.25) is 5.56 Å². The van der Waals surface area contributed by atoms with Crippen molar-refractivity contribution in [2.24, 2.45) is 5.73 Å². The Morgan fingerprint density at radius 2 is 2.12 bits per heavy atom. The van der Waals surface area contributed by atoms with Crippen molar-refractivity contribution in [3.63, 3.8) is 0 Å². The molecule has 1 heterocycles. The highest BCUT2D eigenvalue weighted by atomic mass is 19.4. The molecule has 5 nitrogen and oxygen atoms in total. The Hall–Kier alpha value is -1.54. The number of aliphatic hydroxyl groups is 1. The predicted molar refractivity (Wildman–Crippen MR) is 47.6 cm³/mol.